The highest BCUT2D eigenvalue weighted by atomic mass is 16.4. The minimum Gasteiger partial charge on any atom is -0.467 e. The fraction of sp³-hybridized carbons (Fsp3) is 0.216. The van der Waals surface area contributed by atoms with Gasteiger partial charge < -0.3 is 14.2 Å². The van der Waals surface area contributed by atoms with Crippen molar-refractivity contribution >= 4 is 11.1 Å². The summed E-state index contributed by atoms with van der Waals surface area (Å²) in [6.45, 7) is 2.87. The van der Waals surface area contributed by atoms with Gasteiger partial charge in [-0.3, -0.25) is 9.47 Å². The van der Waals surface area contributed by atoms with Crippen molar-refractivity contribution < 1.29 is 8.83 Å². The van der Waals surface area contributed by atoms with E-state index < -0.39 is 11.3 Å². The Morgan fingerprint density at radius 1 is 0.791 bits per heavy atom. The monoisotopic (exact) mass is 569 g/mol. The molecule has 43 heavy (non-hydrogen) atoms. The van der Waals surface area contributed by atoms with Crippen LogP contribution in [0.25, 0.3) is 22.2 Å². The third-order valence-corrected chi connectivity index (χ3v) is 8.82. The van der Waals surface area contributed by atoms with E-state index >= 15 is 0 Å². The number of furan rings is 1. The molecule has 0 atom stereocenters. The van der Waals surface area contributed by atoms with Crippen molar-refractivity contribution in [3.8, 4) is 11.1 Å². The zero-order chi connectivity index (χ0) is 29.2. The van der Waals surface area contributed by atoms with Crippen molar-refractivity contribution in [3.63, 3.8) is 0 Å². The van der Waals surface area contributed by atoms with Crippen LogP contribution in [0.5, 0.6) is 0 Å². The maximum absolute atomic E-state index is 14.0. The predicted octanol–water partition coefficient (Wildman–Crippen LogP) is 6.88. The van der Waals surface area contributed by atoms with Gasteiger partial charge in [-0.05, 0) is 73.4 Å². The van der Waals surface area contributed by atoms with Crippen LogP contribution in [0, 0.1) is 0 Å². The van der Waals surface area contributed by atoms with E-state index in [1.807, 2.05) is 72.8 Å². The van der Waals surface area contributed by atoms with Crippen LogP contribution in [0.1, 0.15) is 35.3 Å². The molecule has 0 spiro atoms. The average Bonchev–Trinajstić information content (AvgIpc) is 3.67. The smallest absolute Gasteiger partial charge is 0.421 e. The van der Waals surface area contributed by atoms with E-state index in [0.29, 0.717) is 11.6 Å². The van der Waals surface area contributed by atoms with Crippen LogP contribution < -0.4 is 11.1 Å². The van der Waals surface area contributed by atoms with Gasteiger partial charge in [0.2, 0.25) is 0 Å². The number of rotatable bonds is 8. The van der Waals surface area contributed by atoms with Crippen molar-refractivity contribution in [1.82, 2.24) is 14.8 Å². The Morgan fingerprint density at radius 3 is 1.95 bits per heavy atom. The van der Waals surface area contributed by atoms with Gasteiger partial charge in [0.05, 0.1) is 18.3 Å². The summed E-state index contributed by atoms with van der Waals surface area (Å²) >= 11 is 0. The van der Waals surface area contributed by atoms with E-state index in [4.69, 9.17) is 8.83 Å². The highest BCUT2D eigenvalue weighted by molar-refractivity contribution is 5.81. The highest BCUT2D eigenvalue weighted by Crippen LogP contribution is 2.42. The van der Waals surface area contributed by atoms with Gasteiger partial charge in [-0.25, -0.2) is 4.79 Å². The highest BCUT2D eigenvalue weighted by Gasteiger charge is 2.41. The molecule has 1 N–H and O–H groups in total. The minimum atomic E-state index is -0.949. The van der Waals surface area contributed by atoms with Gasteiger partial charge in [-0.15, -0.1) is 0 Å². The van der Waals surface area contributed by atoms with Crippen LogP contribution in [0.2, 0.25) is 0 Å². The molecular formula is C37H35N3O3. The molecule has 0 unspecified atom stereocenters. The first-order valence-corrected chi connectivity index (χ1v) is 15.0. The third-order valence-electron chi connectivity index (χ3n) is 8.82. The van der Waals surface area contributed by atoms with Crippen molar-refractivity contribution in [2.45, 2.75) is 31.0 Å². The summed E-state index contributed by atoms with van der Waals surface area (Å²) in [6.07, 6.45) is 4.09. The molecule has 7 rings (SSSR count). The van der Waals surface area contributed by atoms with Gasteiger partial charge in [-0.2, -0.15) is 0 Å². The quantitative estimate of drug-likeness (QED) is 0.203. The topological polar surface area (TPSA) is 63.6 Å². The Balaban J connectivity index is 1.34. The minimum absolute atomic E-state index is 0.416. The lowest BCUT2D eigenvalue weighted by atomic mass is 9.76. The molecule has 0 amide bonds. The van der Waals surface area contributed by atoms with E-state index in [-0.39, 0.29) is 0 Å². The van der Waals surface area contributed by atoms with Gasteiger partial charge in [0.25, 0.3) is 0 Å². The van der Waals surface area contributed by atoms with Crippen LogP contribution in [-0.4, -0.2) is 35.6 Å². The summed E-state index contributed by atoms with van der Waals surface area (Å²) in [4.78, 5) is 16.4. The molecule has 4 aromatic carbocycles. The fourth-order valence-corrected chi connectivity index (χ4v) is 6.68. The Labute approximate surface area is 251 Å². The number of oxazole rings is 1. The predicted molar refractivity (Wildman–Crippen MR) is 170 cm³/mol. The Bertz CT molecular complexity index is 1770. The second kappa shape index (κ2) is 11.6. The van der Waals surface area contributed by atoms with Gasteiger partial charge >= 0.3 is 5.76 Å². The molecule has 6 aromatic rings. The third kappa shape index (κ3) is 4.92. The van der Waals surface area contributed by atoms with E-state index in [1.165, 1.54) is 0 Å². The average molecular weight is 570 g/mol. The summed E-state index contributed by atoms with van der Waals surface area (Å²) in [5.74, 6) is 0.506. The summed E-state index contributed by atoms with van der Waals surface area (Å²) in [7, 11) is 2.17. The number of benzene rings is 4. The van der Waals surface area contributed by atoms with E-state index in [0.717, 1.165) is 71.6 Å². The first kappa shape index (κ1) is 27.2. The standard InChI is InChI=1S/C37H35N3O3/c1-39(32-19-21-38-22-20-32)25-33-23-28(26-42-33)27-17-18-34-35(24-27)43-36(41)40(34)37(29-11-5-2-6-12-29,30-13-7-3-8-14-30)31-15-9-4-10-16-31/h2-18,23-24,26,32,38H,19-22,25H2,1H3. The van der Waals surface area contributed by atoms with Gasteiger partial charge in [0, 0.05) is 11.6 Å². The molecule has 6 nitrogen and oxygen atoms in total. The molecule has 2 aromatic heterocycles. The van der Waals surface area contributed by atoms with Gasteiger partial charge in [-0.1, -0.05) is 97.1 Å². The number of hydrogen-bond donors (Lipinski definition) is 1. The van der Waals surface area contributed by atoms with Crippen molar-refractivity contribution in [1.29, 1.82) is 0 Å². The summed E-state index contributed by atoms with van der Waals surface area (Å²) < 4.78 is 13.8. The molecule has 0 radical (unpaired) electrons. The molecule has 3 heterocycles. The molecule has 6 heteroatoms. The molecule has 0 saturated carbocycles. The molecular weight excluding hydrogens is 534 g/mol. The van der Waals surface area contributed by atoms with Crippen molar-refractivity contribution in [2.75, 3.05) is 20.1 Å². The van der Waals surface area contributed by atoms with E-state index in [2.05, 4.69) is 59.7 Å². The van der Waals surface area contributed by atoms with Crippen LogP contribution in [-0.2, 0) is 12.1 Å². The summed E-state index contributed by atoms with van der Waals surface area (Å²) in [5.41, 5.74) is 5.12. The first-order chi connectivity index (χ1) is 21.1. The zero-order valence-electron chi connectivity index (χ0n) is 24.3. The van der Waals surface area contributed by atoms with Crippen LogP contribution in [0.4, 0.5) is 0 Å². The summed E-state index contributed by atoms with van der Waals surface area (Å²) in [6, 6.07) is 39.2. The van der Waals surface area contributed by atoms with E-state index in [1.54, 1.807) is 10.8 Å². The number of piperidine rings is 1. The molecule has 0 bridgehead atoms. The van der Waals surface area contributed by atoms with Crippen LogP contribution in [0.15, 0.2) is 135 Å². The second-order valence-corrected chi connectivity index (χ2v) is 11.4. The number of fused-ring (bicyclic) bond motifs is 1. The number of nitrogens with one attached hydrogen (secondary N) is 1. The van der Waals surface area contributed by atoms with Gasteiger partial charge in [0.15, 0.2) is 5.58 Å². The lowest BCUT2D eigenvalue weighted by molar-refractivity contribution is 0.179. The van der Waals surface area contributed by atoms with Crippen LogP contribution in [0.3, 0.4) is 0 Å². The Morgan fingerprint density at radius 2 is 1.37 bits per heavy atom. The normalized spacial score (nSPS) is 14.5. The second-order valence-electron chi connectivity index (χ2n) is 11.4. The Hall–Kier alpha value is -4.65. The maximum Gasteiger partial charge on any atom is 0.421 e. The van der Waals surface area contributed by atoms with Crippen molar-refractivity contribution in [2.24, 2.45) is 0 Å². The van der Waals surface area contributed by atoms with Crippen molar-refractivity contribution in [3.05, 3.63) is 155 Å². The summed E-state index contributed by atoms with van der Waals surface area (Å²) in [5, 5.41) is 3.43. The largest absolute Gasteiger partial charge is 0.467 e. The molecule has 0 aliphatic carbocycles. The van der Waals surface area contributed by atoms with Crippen LogP contribution >= 0.6 is 0 Å². The Kier molecular flexibility index (Phi) is 7.31. The first-order valence-electron chi connectivity index (χ1n) is 15.0. The lowest BCUT2D eigenvalue weighted by Gasteiger charge is -2.36. The maximum atomic E-state index is 14.0. The van der Waals surface area contributed by atoms with E-state index in [9.17, 15) is 4.79 Å². The fourth-order valence-electron chi connectivity index (χ4n) is 6.68. The number of aromatic nitrogens is 1. The lowest BCUT2D eigenvalue weighted by Crippen LogP contribution is -2.42. The zero-order valence-corrected chi connectivity index (χ0v) is 24.3. The molecule has 1 fully saturated rings. The van der Waals surface area contributed by atoms with Gasteiger partial charge in [0.1, 0.15) is 11.3 Å². The molecule has 1 aliphatic rings. The molecule has 216 valence electrons. The molecule has 1 saturated heterocycles. The SMILES string of the molecule is CN(Cc1cc(-c2ccc3c(c2)oc(=O)n3C(c2ccccc2)(c2ccccc2)c2ccccc2)co1)C1CCNCC1. The number of hydrogen-bond acceptors (Lipinski definition) is 5. The number of nitrogens with zero attached hydrogens (tertiary/aromatic N) is 2. The molecule has 1 aliphatic heterocycles.